The molecule has 2 N–H and O–H groups in total. The van der Waals surface area contributed by atoms with Gasteiger partial charge in [0.1, 0.15) is 0 Å². The summed E-state index contributed by atoms with van der Waals surface area (Å²) < 4.78 is 0. The van der Waals surface area contributed by atoms with Crippen LogP contribution in [-0.4, -0.2) is 55.6 Å². The first kappa shape index (κ1) is 18.9. The van der Waals surface area contributed by atoms with Gasteiger partial charge in [-0.1, -0.05) is 34.6 Å². The Kier molecular flexibility index (Phi) is 6.28. The van der Waals surface area contributed by atoms with Gasteiger partial charge in [0.25, 0.3) is 0 Å². The summed E-state index contributed by atoms with van der Waals surface area (Å²) in [7, 11) is 4.31. The summed E-state index contributed by atoms with van der Waals surface area (Å²) in [5.74, 6) is 0. The number of rotatable bonds is 7. The quantitative estimate of drug-likeness (QED) is 0.783. The van der Waals surface area contributed by atoms with Crippen molar-refractivity contribution < 1.29 is 0 Å². The van der Waals surface area contributed by atoms with Crippen molar-refractivity contribution in [3.05, 3.63) is 0 Å². The number of nitrogens with zero attached hydrogens (tertiary/aromatic N) is 2. The summed E-state index contributed by atoms with van der Waals surface area (Å²) >= 11 is 0. The van der Waals surface area contributed by atoms with Gasteiger partial charge in [-0.05, 0) is 70.2 Å². The van der Waals surface area contributed by atoms with Crippen molar-refractivity contribution in [3.8, 4) is 0 Å². The minimum Gasteiger partial charge on any atom is -0.329 e. The molecular formula is C18H39N3. The highest BCUT2D eigenvalue weighted by Crippen LogP contribution is 2.51. The van der Waals surface area contributed by atoms with E-state index >= 15 is 0 Å². The van der Waals surface area contributed by atoms with Gasteiger partial charge in [0.2, 0.25) is 0 Å². The predicted octanol–water partition coefficient (Wildman–Crippen LogP) is 3.19. The summed E-state index contributed by atoms with van der Waals surface area (Å²) in [6.07, 6.45) is 4.99. The highest BCUT2D eigenvalue weighted by Gasteiger charge is 2.49. The highest BCUT2D eigenvalue weighted by molar-refractivity contribution is 5.04. The number of hydrogen-bond donors (Lipinski definition) is 1. The van der Waals surface area contributed by atoms with E-state index in [2.05, 4.69) is 58.5 Å². The third kappa shape index (κ3) is 5.22. The highest BCUT2D eigenvalue weighted by atomic mass is 15.2. The van der Waals surface area contributed by atoms with Gasteiger partial charge >= 0.3 is 0 Å². The molecule has 0 radical (unpaired) electrons. The van der Waals surface area contributed by atoms with Crippen LogP contribution in [0.15, 0.2) is 0 Å². The molecule has 126 valence electrons. The van der Waals surface area contributed by atoms with E-state index in [9.17, 15) is 0 Å². The molecule has 1 saturated carbocycles. The molecule has 1 aliphatic carbocycles. The van der Waals surface area contributed by atoms with Crippen molar-refractivity contribution in [2.24, 2.45) is 16.6 Å². The standard InChI is InChI=1S/C18H39N3/c1-8-21(11-9-10-20(6)7)18(15-19)13-16(2,3)12-17(4,5)14-18/h8-15,19H2,1-7H3. The second-order valence-corrected chi connectivity index (χ2v) is 9.02. The summed E-state index contributed by atoms with van der Waals surface area (Å²) in [6.45, 7) is 16.2. The predicted molar refractivity (Wildman–Crippen MR) is 93.6 cm³/mol. The summed E-state index contributed by atoms with van der Waals surface area (Å²) in [5, 5.41) is 0. The number of likely N-dealkylation sites (N-methyl/N-ethyl adjacent to an activating group) is 1. The van der Waals surface area contributed by atoms with Gasteiger partial charge in [-0.15, -0.1) is 0 Å². The Morgan fingerprint density at radius 1 is 0.905 bits per heavy atom. The second-order valence-electron chi connectivity index (χ2n) is 9.02. The van der Waals surface area contributed by atoms with Crippen LogP contribution in [0.1, 0.15) is 60.3 Å². The SMILES string of the molecule is CCN(CCCN(C)C)C1(CN)CC(C)(C)CC(C)(C)C1. The Balaban J connectivity index is 2.89. The van der Waals surface area contributed by atoms with E-state index in [1.54, 1.807) is 0 Å². The molecule has 0 heterocycles. The van der Waals surface area contributed by atoms with Crippen LogP contribution in [0.5, 0.6) is 0 Å². The smallest absolute Gasteiger partial charge is 0.0341 e. The molecule has 0 aromatic carbocycles. The van der Waals surface area contributed by atoms with E-state index in [4.69, 9.17) is 5.73 Å². The van der Waals surface area contributed by atoms with Gasteiger partial charge in [0.15, 0.2) is 0 Å². The molecular weight excluding hydrogens is 258 g/mol. The lowest BCUT2D eigenvalue weighted by Gasteiger charge is -2.56. The molecule has 0 aliphatic heterocycles. The molecule has 3 heteroatoms. The molecule has 0 aromatic heterocycles. The van der Waals surface area contributed by atoms with Crippen LogP contribution in [0.2, 0.25) is 0 Å². The molecule has 1 rings (SSSR count). The zero-order chi connectivity index (χ0) is 16.3. The lowest BCUT2D eigenvalue weighted by atomic mass is 9.58. The van der Waals surface area contributed by atoms with Crippen molar-refractivity contribution in [3.63, 3.8) is 0 Å². The van der Waals surface area contributed by atoms with E-state index in [0.717, 1.165) is 26.2 Å². The van der Waals surface area contributed by atoms with E-state index in [1.807, 2.05) is 0 Å². The summed E-state index contributed by atoms with van der Waals surface area (Å²) in [5.41, 5.74) is 7.29. The Hall–Kier alpha value is -0.120. The molecule has 21 heavy (non-hydrogen) atoms. The summed E-state index contributed by atoms with van der Waals surface area (Å²) in [6, 6.07) is 0. The fourth-order valence-electron chi connectivity index (χ4n) is 5.07. The fraction of sp³-hybridized carbons (Fsp3) is 1.00. The van der Waals surface area contributed by atoms with Crippen molar-refractivity contribution in [2.75, 3.05) is 40.3 Å². The minimum absolute atomic E-state index is 0.187. The molecule has 1 fully saturated rings. The maximum absolute atomic E-state index is 6.34. The van der Waals surface area contributed by atoms with Crippen LogP contribution >= 0.6 is 0 Å². The third-order valence-electron chi connectivity index (χ3n) is 5.04. The first-order chi connectivity index (χ1) is 9.56. The zero-order valence-corrected chi connectivity index (χ0v) is 15.6. The molecule has 0 saturated heterocycles. The first-order valence-electron chi connectivity index (χ1n) is 8.66. The Morgan fingerprint density at radius 2 is 1.43 bits per heavy atom. The van der Waals surface area contributed by atoms with Crippen LogP contribution in [0.25, 0.3) is 0 Å². The van der Waals surface area contributed by atoms with Gasteiger partial charge in [-0.25, -0.2) is 0 Å². The van der Waals surface area contributed by atoms with Crippen molar-refractivity contribution in [1.82, 2.24) is 9.80 Å². The molecule has 0 unspecified atom stereocenters. The molecule has 0 aromatic rings. The molecule has 1 aliphatic rings. The van der Waals surface area contributed by atoms with Crippen LogP contribution in [0, 0.1) is 10.8 Å². The number of hydrogen-bond acceptors (Lipinski definition) is 3. The van der Waals surface area contributed by atoms with Gasteiger partial charge in [-0.2, -0.15) is 0 Å². The monoisotopic (exact) mass is 297 g/mol. The van der Waals surface area contributed by atoms with E-state index < -0.39 is 0 Å². The average Bonchev–Trinajstić information content (AvgIpc) is 2.30. The van der Waals surface area contributed by atoms with E-state index in [0.29, 0.717) is 10.8 Å². The lowest BCUT2D eigenvalue weighted by molar-refractivity contribution is -0.0424. The van der Waals surface area contributed by atoms with Crippen molar-refractivity contribution in [2.45, 2.75) is 65.8 Å². The van der Waals surface area contributed by atoms with Gasteiger partial charge in [0.05, 0.1) is 0 Å². The molecule has 0 amide bonds. The maximum atomic E-state index is 6.34. The Labute approximate surface area is 133 Å². The topological polar surface area (TPSA) is 32.5 Å². The van der Waals surface area contributed by atoms with Crippen LogP contribution in [-0.2, 0) is 0 Å². The van der Waals surface area contributed by atoms with Gasteiger partial charge in [0, 0.05) is 12.1 Å². The zero-order valence-electron chi connectivity index (χ0n) is 15.6. The van der Waals surface area contributed by atoms with Crippen molar-refractivity contribution in [1.29, 1.82) is 0 Å². The second kappa shape index (κ2) is 6.97. The maximum Gasteiger partial charge on any atom is 0.0341 e. The van der Waals surface area contributed by atoms with Gasteiger partial charge in [-0.3, -0.25) is 4.90 Å². The van der Waals surface area contributed by atoms with Crippen LogP contribution in [0.3, 0.4) is 0 Å². The normalized spacial score (nSPS) is 23.7. The fourth-order valence-corrected chi connectivity index (χ4v) is 5.07. The summed E-state index contributed by atoms with van der Waals surface area (Å²) in [4.78, 5) is 4.96. The number of nitrogens with two attached hydrogens (primary N) is 1. The Morgan fingerprint density at radius 3 is 1.81 bits per heavy atom. The van der Waals surface area contributed by atoms with E-state index in [-0.39, 0.29) is 5.54 Å². The third-order valence-corrected chi connectivity index (χ3v) is 5.04. The van der Waals surface area contributed by atoms with E-state index in [1.165, 1.54) is 25.7 Å². The molecule has 0 bridgehead atoms. The minimum atomic E-state index is 0.187. The molecule has 0 spiro atoms. The van der Waals surface area contributed by atoms with Crippen molar-refractivity contribution >= 4 is 0 Å². The Bertz CT molecular complexity index is 304. The van der Waals surface area contributed by atoms with Gasteiger partial charge < -0.3 is 10.6 Å². The van der Waals surface area contributed by atoms with Crippen LogP contribution < -0.4 is 5.73 Å². The van der Waals surface area contributed by atoms with Crippen LogP contribution in [0.4, 0.5) is 0 Å². The largest absolute Gasteiger partial charge is 0.329 e. The lowest BCUT2D eigenvalue weighted by Crippen LogP contribution is -2.61. The molecule has 3 nitrogen and oxygen atoms in total. The average molecular weight is 298 g/mol. The first-order valence-corrected chi connectivity index (χ1v) is 8.66. The molecule has 0 atom stereocenters.